The minimum atomic E-state index is 0. The van der Waals surface area contributed by atoms with Gasteiger partial charge in [0.1, 0.15) is 12.0 Å². The molecule has 24 heavy (non-hydrogen) atoms. The van der Waals surface area contributed by atoms with Gasteiger partial charge in [-0.05, 0) is 18.4 Å². The Labute approximate surface area is 160 Å². The number of guanidine groups is 1. The monoisotopic (exact) mass is 440 g/mol. The van der Waals surface area contributed by atoms with Crippen molar-refractivity contribution in [1.82, 2.24) is 15.4 Å². The quantitative estimate of drug-likeness (QED) is 0.440. The molecule has 6 heteroatoms. The highest BCUT2D eigenvalue weighted by Gasteiger charge is 2.38. The van der Waals surface area contributed by atoms with Gasteiger partial charge < -0.3 is 14.7 Å². The molecule has 0 unspecified atom stereocenters. The lowest BCUT2D eigenvalue weighted by molar-refractivity contribution is 0.241. The maximum Gasteiger partial charge on any atom is 0.193 e. The molecule has 1 N–H and O–H groups in total. The summed E-state index contributed by atoms with van der Waals surface area (Å²) in [4.78, 5) is 6.46. The standard InChI is InChI=1S/C18H24N4O.HI/c1-19-17(22(2)13-16-9-12-23-21-16)20-14-18(10-6-11-18)15-7-4-3-5-8-15;/h3-5,7-9,12H,6,10-11,13-14H2,1-2H3,(H,19,20);1H. The third-order valence-electron chi connectivity index (χ3n) is 4.75. The first-order valence-corrected chi connectivity index (χ1v) is 8.10. The van der Waals surface area contributed by atoms with E-state index in [0.717, 1.165) is 18.2 Å². The zero-order valence-corrected chi connectivity index (χ0v) is 16.6. The van der Waals surface area contributed by atoms with Crippen molar-refractivity contribution in [2.75, 3.05) is 20.6 Å². The summed E-state index contributed by atoms with van der Waals surface area (Å²) in [5.74, 6) is 0.884. The molecule has 0 spiro atoms. The minimum Gasteiger partial charge on any atom is -0.364 e. The molecule has 1 aromatic carbocycles. The van der Waals surface area contributed by atoms with E-state index >= 15 is 0 Å². The van der Waals surface area contributed by atoms with E-state index in [9.17, 15) is 0 Å². The maximum atomic E-state index is 4.89. The van der Waals surface area contributed by atoms with Crippen molar-refractivity contribution in [2.24, 2.45) is 4.99 Å². The van der Waals surface area contributed by atoms with E-state index in [1.807, 2.05) is 20.2 Å². The Morgan fingerprint density at radius 1 is 1.29 bits per heavy atom. The summed E-state index contributed by atoms with van der Waals surface area (Å²) in [7, 11) is 3.83. The number of nitrogens with zero attached hydrogens (tertiary/aromatic N) is 3. The SMILES string of the molecule is CN=C(NCC1(c2ccccc2)CCC1)N(C)Cc1ccon1.I. The average Bonchev–Trinajstić information content (AvgIpc) is 3.04. The lowest BCUT2D eigenvalue weighted by Crippen LogP contribution is -2.49. The number of hydrogen-bond donors (Lipinski definition) is 1. The van der Waals surface area contributed by atoms with E-state index in [2.05, 4.69) is 50.7 Å². The topological polar surface area (TPSA) is 53.7 Å². The zero-order chi connectivity index (χ0) is 16.1. The van der Waals surface area contributed by atoms with Crippen LogP contribution in [0.5, 0.6) is 0 Å². The lowest BCUT2D eigenvalue weighted by Gasteiger charge is -2.43. The van der Waals surface area contributed by atoms with E-state index in [-0.39, 0.29) is 29.4 Å². The molecule has 3 rings (SSSR count). The van der Waals surface area contributed by atoms with Crippen molar-refractivity contribution in [3.8, 4) is 0 Å². The van der Waals surface area contributed by atoms with E-state index in [0.29, 0.717) is 6.54 Å². The van der Waals surface area contributed by atoms with Crippen LogP contribution in [-0.2, 0) is 12.0 Å². The molecule has 1 aromatic heterocycles. The smallest absolute Gasteiger partial charge is 0.193 e. The highest BCUT2D eigenvalue weighted by Crippen LogP contribution is 2.43. The van der Waals surface area contributed by atoms with Crippen molar-refractivity contribution >= 4 is 29.9 Å². The first-order valence-electron chi connectivity index (χ1n) is 8.10. The zero-order valence-electron chi connectivity index (χ0n) is 14.2. The van der Waals surface area contributed by atoms with Crippen molar-refractivity contribution in [1.29, 1.82) is 0 Å². The van der Waals surface area contributed by atoms with E-state index < -0.39 is 0 Å². The van der Waals surface area contributed by atoms with E-state index in [1.165, 1.54) is 24.8 Å². The Kier molecular flexibility index (Phi) is 6.65. The Morgan fingerprint density at radius 3 is 2.58 bits per heavy atom. The summed E-state index contributed by atoms with van der Waals surface area (Å²) in [6, 6.07) is 12.7. The molecule has 130 valence electrons. The molecule has 0 bridgehead atoms. The molecule has 0 atom stereocenters. The van der Waals surface area contributed by atoms with Crippen LogP contribution in [0.1, 0.15) is 30.5 Å². The summed E-state index contributed by atoms with van der Waals surface area (Å²) >= 11 is 0. The lowest BCUT2D eigenvalue weighted by atomic mass is 9.64. The molecule has 0 saturated heterocycles. The van der Waals surface area contributed by atoms with Gasteiger partial charge in [-0.3, -0.25) is 4.99 Å². The molecule has 1 fully saturated rings. The fraction of sp³-hybridized carbons (Fsp3) is 0.444. The number of aliphatic imine (C=N–C) groups is 1. The van der Waals surface area contributed by atoms with Crippen LogP contribution in [0.25, 0.3) is 0 Å². The van der Waals surface area contributed by atoms with E-state index in [4.69, 9.17) is 4.52 Å². The number of halogens is 1. The van der Waals surface area contributed by atoms with Crippen molar-refractivity contribution < 1.29 is 4.52 Å². The van der Waals surface area contributed by atoms with Crippen molar-refractivity contribution in [2.45, 2.75) is 31.2 Å². The molecule has 1 aliphatic rings. The van der Waals surface area contributed by atoms with Gasteiger partial charge in [0, 0.05) is 32.1 Å². The summed E-state index contributed by atoms with van der Waals surface area (Å²) in [5.41, 5.74) is 2.57. The Bertz CT molecular complexity index is 638. The van der Waals surface area contributed by atoms with Gasteiger partial charge in [0.05, 0.1) is 6.54 Å². The molecule has 1 aliphatic carbocycles. The second-order valence-electron chi connectivity index (χ2n) is 6.25. The fourth-order valence-corrected chi connectivity index (χ4v) is 3.23. The second kappa shape index (κ2) is 8.50. The Hall–Kier alpha value is -1.57. The number of rotatable bonds is 5. The normalized spacial score (nSPS) is 16.0. The van der Waals surface area contributed by atoms with Crippen LogP contribution in [-0.4, -0.2) is 36.7 Å². The largest absolute Gasteiger partial charge is 0.364 e. The third kappa shape index (κ3) is 4.09. The van der Waals surface area contributed by atoms with Gasteiger partial charge >= 0.3 is 0 Å². The van der Waals surface area contributed by atoms with Crippen LogP contribution in [0, 0.1) is 0 Å². The van der Waals surface area contributed by atoms with Crippen LogP contribution < -0.4 is 5.32 Å². The second-order valence-corrected chi connectivity index (χ2v) is 6.25. The van der Waals surface area contributed by atoms with Crippen LogP contribution in [0.3, 0.4) is 0 Å². The molecular formula is C18H25IN4O. The average molecular weight is 440 g/mol. The van der Waals surface area contributed by atoms with Gasteiger partial charge in [0.2, 0.25) is 0 Å². The van der Waals surface area contributed by atoms with Crippen LogP contribution in [0.2, 0.25) is 0 Å². The molecular weight excluding hydrogens is 415 g/mol. The third-order valence-corrected chi connectivity index (χ3v) is 4.75. The van der Waals surface area contributed by atoms with Gasteiger partial charge in [0.25, 0.3) is 0 Å². The molecule has 5 nitrogen and oxygen atoms in total. The highest BCUT2D eigenvalue weighted by atomic mass is 127. The molecule has 0 amide bonds. The fourth-order valence-electron chi connectivity index (χ4n) is 3.23. The van der Waals surface area contributed by atoms with Crippen LogP contribution in [0.4, 0.5) is 0 Å². The molecule has 2 aromatic rings. The highest BCUT2D eigenvalue weighted by molar-refractivity contribution is 14.0. The maximum absolute atomic E-state index is 4.89. The number of nitrogens with one attached hydrogen (secondary N) is 1. The molecule has 0 aliphatic heterocycles. The van der Waals surface area contributed by atoms with Crippen LogP contribution >= 0.6 is 24.0 Å². The summed E-state index contributed by atoms with van der Waals surface area (Å²) in [5, 5.41) is 7.50. The summed E-state index contributed by atoms with van der Waals surface area (Å²) < 4.78 is 4.89. The summed E-state index contributed by atoms with van der Waals surface area (Å²) in [6.45, 7) is 1.58. The molecule has 0 radical (unpaired) electrons. The predicted octanol–water partition coefficient (Wildman–Crippen LogP) is 3.42. The summed E-state index contributed by atoms with van der Waals surface area (Å²) in [6.07, 6.45) is 5.35. The van der Waals surface area contributed by atoms with Crippen LogP contribution in [0.15, 0.2) is 52.2 Å². The Morgan fingerprint density at radius 2 is 2.04 bits per heavy atom. The number of aromatic nitrogens is 1. The van der Waals surface area contributed by atoms with Crippen molar-refractivity contribution in [3.05, 3.63) is 53.9 Å². The number of hydrogen-bond acceptors (Lipinski definition) is 3. The van der Waals surface area contributed by atoms with Crippen molar-refractivity contribution in [3.63, 3.8) is 0 Å². The first-order chi connectivity index (χ1) is 11.2. The minimum absolute atomic E-state index is 0. The molecule has 1 heterocycles. The van der Waals surface area contributed by atoms with Gasteiger partial charge in [-0.25, -0.2) is 0 Å². The van der Waals surface area contributed by atoms with E-state index in [1.54, 1.807) is 6.26 Å². The predicted molar refractivity (Wildman–Crippen MR) is 107 cm³/mol. The molecule has 1 saturated carbocycles. The Balaban J connectivity index is 0.00000208. The van der Waals surface area contributed by atoms with Gasteiger partial charge in [0.15, 0.2) is 5.96 Å². The van der Waals surface area contributed by atoms with Gasteiger partial charge in [-0.1, -0.05) is 41.9 Å². The van der Waals surface area contributed by atoms with Gasteiger partial charge in [-0.2, -0.15) is 0 Å². The number of benzene rings is 1. The van der Waals surface area contributed by atoms with Gasteiger partial charge in [-0.15, -0.1) is 24.0 Å². The first kappa shape index (κ1) is 18.8.